The van der Waals surface area contributed by atoms with Crippen LogP contribution in [0.15, 0.2) is 41.2 Å². The predicted molar refractivity (Wildman–Crippen MR) is 88.1 cm³/mol. The van der Waals surface area contributed by atoms with Crippen LogP contribution in [0.5, 0.6) is 5.75 Å². The van der Waals surface area contributed by atoms with E-state index in [4.69, 9.17) is 22.1 Å². The monoisotopic (exact) mass is 316 g/mol. The number of benzene rings is 2. The summed E-state index contributed by atoms with van der Waals surface area (Å²) in [6.45, 7) is 0. The highest BCUT2D eigenvalue weighted by Crippen LogP contribution is 2.35. The highest BCUT2D eigenvalue weighted by molar-refractivity contribution is 6.33. The minimum absolute atomic E-state index is 0.387. The summed E-state index contributed by atoms with van der Waals surface area (Å²) in [6.07, 6.45) is 0. The predicted octanol–water partition coefficient (Wildman–Crippen LogP) is 2.91. The van der Waals surface area contributed by atoms with Gasteiger partial charge in [0.05, 0.1) is 29.0 Å². The Morgan fingerprint density at radius 3 is 2.86 bits per heavy atom. The number of rotatable bonds is 3. The van der Waals surface area contributed by atoms with E-state index in [1.54, 1.807) is 18.2 Å². The number of H-pyrrole nitrogens is 1. The molecule has 1 heterocycles. The number of aromatic nitrogens is 2. The fourth-order valence-corrected chi connectivity index (χ4v) is 2.33. The molecule has 3 rings (SSSR count). The van der Waals surface area contributed by atoms with Gasteiger partial charge in [0, 0.05) is 11.5 Å². The Morgan fingerprint density at radius 2 is 2.09 bits per heavy atom. The quantitative estimate of drug-likeness (QED) is 0.646. The standard InChI is InChI=1S/C15H13ClN4O2/c1-22-13-7-10(17)9(16)6-12(13)18-14-8-4-2-3-5-11(8)19-15(21)20-14/h2-7H,17H2,1H3,(H2,18,19,20,21). The molecular formula is C15H13ClN4O2. The van der Waals surface area contributed by atoms with Crippen molar-refractivity contribution in [1.82, 2.24) is 9.97 Å². The molecule has 0 aliphatic carbocycles. The van der Waals surface area contributed by atoms with E-state index in [9.17, 15) is 4.79 Å². The summed E-state index contributed by atoms with van der Waals surface area (Å²) in [7, 11) is 1.52. The van der Waals surface area contributed by atoms with Crippen LogP contribution in [-0.2, 0) is 0 Å². The molecule has 22 heavy (non-hydrogen) atoms. The number of hydrogen-bond donors (Lipinski definition) is 3. The van der Waals surface area contributed by atoms with Crippen LogP contribution in [0.1, 0.15) is 0 Å². The highest BCUT2D eigenvalue weighted by Gasteiger charge is 2.11. The second kappa shape index (κ2) is 5.57. The van der Waals surface area contributed by atoms with Crippen LogP contribution in [0.25, 0.3) is 10.9 Å². The number of nitrogens with two attached hydrogens (primary N) is 1. The fraction of sp³-hybridized carbons (Fsp3) is 0.0667. The van der Waals surface area contributed by atoms with Gasteiger partial charge in [-0.05, 0) is 18.2 Å². The lowest BCUT2D eigenvalue weighted by molar-refractivity contribution is 0.417. The SMILES string of the molecule is COc1cc(N)c(Cl)cc1Nc1nc(=O)[nH]c2ccccc12. The number of aromatic amines is 1. The molecule has 0 bridgehead atoms. The Labute approximate surface area is 130 Å². The molecule has 0 saturated heterocycles. The minimum atomic E-state index is -0.443. The van der Waals surface area contributed by atoms with Crippen molar-refractivity contribution in [2.75, 3.05) is 18.2 Å². The van der Waals surface area contributed by atoms with E-state index in [-0.39, 0.29) is 0 Å². The third-order valence-electron chi connectivity index (χ3n) is 3.21. The van der Waals surface area contributed by atoms with Crippen LogP contribution in [-0.4, -0.2) is 17.1 Å². The first-order valence-electron chi connectivity index (χ1n) is 6.47. The van der Waals surface area contributed by atoms with Gasteiger partial charge in [-0.15, -0.1) is 0 Å². The molecule has 0 unspecified atom stereocenters. The molecule has 3 aromatic rings. The Balaban J connectivity index is 2.15. The van der Waals surface area contributed by atoms with E-state index < -0.39 is 5.69 Å². The molecule has 6 nitrogen and oxygen atoms in total. The van der Waals surface area contributed by atoms with Crippen LogP contribution in [0.4, 0.5) is 17.2 Å². The molecule has 0 spiro atoms. The average Bonchev–Trinajstić information content (AvgIpc) is 2.50. The summed E-state index contributed by atoms with van der Waals surface area (Å²) in [6, 6.07) is 10.6. The van der Waals surface area contributed by atoms with E-state index >= 15 is 0 Å². The molecule has 4 N–H and O–H groups in total. The summed E-state index contributed by atoms with van der Waals surface area (Å²) in [4.78, 5) is 18.3. The normalized spacial score (nSPS) is 10.6. The van der Waals surface area contributed by atoms with Crippen molar-refractivity contribution in [3.63, 3.8) is 0 Å². The van der Waals surface area contributed by atoms with Gasteiger partial charge in [-0.3, -0.25) is 0 Å². The summed E-state index contributed by atoms with van der Waals surface area (Å²) in [5.74, 6) is 0.923. The summed E-state index contributed by atoms with van der Waals surface area (Å²) in [5, 5.41) is 4.24. The molecule has 0 aliphatic rings. The Bertz CT molecular complexity index is 908. The van der Waals surface area contributed by atoms with Crippen molar-refractivity contribution < 1.29 is 4.74 Å². The number of para-hydroxylation sites is 1. The van der Waals surface area contributed by atoms with Crippen LogP contribution in [0.3, 0.4) is 0 Å². The zero-order valence-electron chi connectivity index (χ0n) is 11.7. The molecule has 112 valence electrons. The number of fused-ring (bicyclic) bond motifs is 1. The maximum atomic E-state index is 11.7. The van der Waals surface area contributed by atoms with E-state index in [2.05, 4.69) is 15.3 Å². The zero-order chi connectivity index (χ0) is 15.7. The van der Waals surface area contributed by atoms with Gasteiger partial charge >= 0.3 is 5.69 Å². The topological polar surface area (TPSA) is 93.0 Å². The summed E-state index contributed by atoms with van der Waals surface area (Å²) in [5.41, 5.74) is 6.99. The number of nitrogens with one attached hydrogen (secondary N) is 2. The van der Waals surface area contributed by atoms with Gasteiger partial charge in [0.1, 0.15) is 11.6 Å². The lowest BCUT2D eigenvalue weighted by Crippen LogP contribution is -2.12. The first-order valence-corrected chi connectivity index (χ1v) is 6.85. The van der Waals surface area contributed by atoms with Crippen molar-refractivity contribution in [2.24, 2.45) is 0 Å². The van der Waals surface area contributed by atoms with Gasteiger partial charge in [-0.25, -0.2) is 4.79 Å². The number of ether oxygens (including phenoxy) is 1. The second-order valence-electron chi connectivity index (χ2n) is 4.64. The zero-order valence-corrected chi connectivity index (χ0v) is 12.4. The van der Waals surface area contributed by atoms with Crippen LogP contribution < -0.4 is 21.5 Å². The molecular weight excluding hydrogens is 304 g/mol. The molecule has 0 atom stereocenters. The number of methoxy groups -OCH3 is 1. The van der Waals surface area contributed by atoms with Crippen LogP contribution in [0, 0.1) is 0 Å². The molecule has 0 saturated carbocycles. The van der Waals surface area contributed by atoms with E-state index in [1.165, 1.54) is 7.11 Å². The number of halogens is 1. The Hall–Kier alpha value is -2.73. The lowest BCUT2D eigenvalue weighted by atomic mass is 10.2. The van der Waals surface area contributed by atoms with Crippen LogP contribution >= 0.6 is 11.6 Å². The molecule has 7 heteroatoms. The molecule has 1 aromatic heterocycles. The molecule has 0 amide bonds. The van der Waals surface area contributed by atoms with Crippen molar-refractivity contribution in [1.29, 1.82) is 0 Å². The molecule has 0 radical (unpaired) electrons. The van der Waals surface area contributed by atoms with Gasteiger partial charge in [0.15, 0.2) is 0 Å². The maximum Gasteiger partial charge on any atom is 0.347 e. The largest absolute Gasteiger partial charge is 0.494 e. The van der Waals surface area contributed by atoms with Gasteiger partial charge in [-0.1, -0.05) is 23.7 Å². The van der Waals surface area contributed by atoms with Gasteiger partial charge in [-0.2, -0.15) is 4.98 Å². The third-order valence-corrected chi connectivity index (χ3v) is 3.54. The Kier molecular flexibility index (Phi) is 3.60. The number of hydrogen-bond acceptors (Lipinski definition) is 5. The molecule has 0 fully saturated rings. The average molecular weight is 317 g/mol. The van der Waals surface area contributed by atoms with E-state index in [0.717, 1.165) is 5.39 Å². The van der Waals surface area contributed by atoms with E-state index in [1.807, 2.05) is 18.2 Å². The minimum Gasteiger partial charge on any atom is -0.494 e. The third kappa shape index (κ3) is 2.56. The smallest absolute Gasteiger partial charge is 0.347 e. The van der Waals surface area contributed by atoms with Crippen molar-refractivity contribution in [3.05, 3.63) is 51.9 Å². The van der Waals surface area contributed by atoms with Crippen LogP contribution in [0.2, 0.25) is 5.02 Å². The van der Waals surface area contributed by atoms with E-state index in [0.29, 0.717) is 33.5 Å². The number of nitrogens with zero attached hydrogens (tertiary/aromatic N) is 1. The number of anilines is 3. The highest BCUT2D eigenvalue weighted by atomic mass is 35.5. The second-order valence-corrected chi connectivity index (χ2v) is 5.04. The first-order chi connectivity index (χ1) is 10.6. The Morgan fingerprint density at radius 1 is 1.32 bits per heavy atom. The van der Waals surface area contributed by atoms with Gasteiger partial charge in [0.25, 0.3) is 0 Å². The first kappa shape index (κ1) is 14.2. The fourth-order valence-electron chi connectivity index (χ4n) is 2.16. The number of nitrogen functional groups attached to an aromatic ring is 1. The summed E-state index contributed by atoms with van der Waals surface area (Å²) >= 11 is 6.05. The maximum absolute atomic E-state index is 11.7. The molecule has 2 aromatic carbocycles. The molecule has 0 aliphatic heterocycles. The van der Waals surface area contributed by atoms with Crippen molar-refractivity contribution >= 4 is 39.7 Å². The van der Waals surface area contributed by atoms with Gasteiger partial charge < -0.3 is 20.8 Å². The summed E-state index contributed by atoms with van der Waals surface area (Å²) < 4.78 is 5.28. The van der Waals surface area contributed by atoms with Crippen molar-refractivity contribution in [2.45, 2.75) is 0 Å². The van der Waals surface area contributed by atoms with Gasteiger partial charge in [0.2, 0.25) is 0 Å². The lowest BCUT2D eigenvalue weighted by Gasteiger charge is -2.13. The van der Waals surface area contributed by atoms with Crippen molar-refractivity contribution in [3.8, 4) is 5.75 Å².